The van der Waals surface area contributed by atoms with Crippen LogP contribution < -0.4 is 14.8 Å². The Balaban J connectivity index is 1.51. The molecule has 1 N–H and O–H groups in total. The van der Waals surface area contributed by atoms with Crippen molar-refractivity contribution in [3.63, 3.8) is 0 Å². The zero-order valence-electron chi connectivity index (χ0n) is 18.7. The molecule has 0 spiro atoms. The maximum atomic E-state index is 13.3. The molecule has 0 saturated heterocycles. The van der Waals surface area contributed by atoms with Gasteiger partial charge in [0, 0.05) is 12.1 Å². The first-order chi connectivity index (χ1) is 15.1. The minimum Gasteiger partial charge on any atom is -0.493 e. The highest BCUT2D eigenvalue weighted by atomic mass is 16.5. The molecule has 31 heavy (non-hydrogen) atoms. The maximum absolute atomic E-state index is 13.3. The van der Waals surface area contributed by atoms with Crippen LogP contribution in [0.4, 0.5) is 0 Å². The van der Waals surface area contributed by atoms with Crippen LogP contribution in [0.5, 0.6) is 11.5 Å². The number of nitrogens with zero attached hydrogens (tertiary/aromatic N) is 1. The second-order valence-electron chi connectivity index (χ2n) is 8.31. The number of hydrogen-bond acceptors (Lipinski definition) is 4. The van der Waals surface area contributed by atoms with Crippen molar-refractivity contribution in [3.05, 3.63) is 70.8 Å². The topological polar surface area (TPSA) is 50.8 Å². The second-order valence-corrected chi connectivity index (χ2v) is 8.31. The van der Waals surface area contributed by atoms with Gasteiger partial charge in [0.2, 0.25) is 0 Å². The molecule has 1 aliphatic carbocycles. The summed E-state index contributed by atoms with van der Waals surface area (Å²) < 4.78 is 10.8. The molecule has 5 nitrogen and oxygen atoms in total. The number of rotatable bonds is 8. The number of carbonyl (C=O) groups excluding carboxylic acids is 1. The van der Waals surface area contributed by atoms with Crippen LogP contribution in [0, 0.1) is 0 Å². The van der Waals surface area contributed by atoms with E-state index in [4.69, 9.17) is 9.47 Å². The van der Waals surface area contributed by atoms with E-state index in [9.17, 15) is 4.79 Å². The van der Waals surface area contributed by atoms with E-state index in [2.05, 4.69) is 35.3 Å². The van der Waals surface area contributed by atoms with Gasteiger partial charge in [-0.15, -0.1) is 0 Å². The molecule has 0 unspecified atom stereocenters. The Morgan fingerprint density at radius 3 is 2.52 bits per heavy atom. The predicted molar refractivity (Wildman–Crippen MR) is 122 cm³/mol. The third-order valence-corrected chi connectivity index (χ3v) is 6.51. The fraction of sp³-hybridized carbons (Fsp3) is 0.423. The zero-order valence-corrected chi connectivity index (χ0v) is 18.7. The van der Waals surface area contributed by atoms with Gasteiger partial charge < -0.3 is 14.4 Å². The molecule has 0 bridgehead atoms. The Morgan fingerprint density at radius 1 is 1.03 bits per heavy atom. The SMILES string of the molecule is COc1ccc(CCN[C@@H]2C3=C(CCCC3)C(=O)N2[C@H](C)c2ccccc2)cc1OC. The third kappa shape index (κ3) is 4.33. The predicted octanol–water partition coefficient (Wildman–Crippen LogP) is 4.64. The largest absolute Gasteiger partial charge is 0.493 e. The number of methoxy groups -OCH3 is 2. The Bertz CT molecular complexity index is 954. The van der Waals surface area contributed by atoms with Crippen molar-refractivity contribution in [2.75, 3.05) is 20.8 Å². The van der Waals surface area contributed by atoms with Gasteiger partial charge in [-0.1, -0.05) is 36.4 Å². The Labute approximate surface area is 185 Å². The molecule has 1 amide bonds. The monoisotopic (exact) mass is 420 g/mol. The normalized spacial score (nSPS) is 19.4. The van der Waals surface area contributed by atoms with Crippen molar-refractivity contribution < 1.29 is 14.3 Å². The number of amides is 1. The molecule has 4 rings (SSSR count). The molecular weight excluding hydrogens is 388 g/mol. The summed E-state index contributed by atoms with van der Waals surface area (Å²) in [6.45, 7) is 2.91. The van der Waals surface area contributed by atoms with E-state index in [1.807, 2.05) is 30.3 Å². The lowest BCUT2D eigenvalue weighted by Crippen LogP contribution is -2.47. The number of hydrogen-bond donors (Lipinski definition) is 1. The summed E-state index contributed by atoms with van der Waals surface area (Å²) in [7, 11) is 3.30. The number of nitrogens with one attached hydrogen (secondary N) is 1. The molecular formula is C26H32N2O3. The fourth-order valence-corrected chi connectivity index (χ4v) is 4.82. The Kier molecular flexibility index (Phi) is 6.62. The Hall–Kier alpha value is -2.79. The first kappa shape index (κ1) is 21.4. The quantitative estimate of drug-likeness (QED) is 0.676. The molecule has 2 aromatic rings. The molecule has 0 aromatic heterocycles. The average molecular weight is 421 g/mol. The van der Waals surface area contributed by atoms with Gasteiger partial charge in [-0.25, -0.2) is 0 Å². The minimum atomic E-state index is -0.0295. The number of ether oxygens (including phenoxy) is 2. The number of benzene rings is 2. The lowest BCUT2D eigenvalue weighted by Gasteiger charge is -2.33. The summed E-state index contributed by atoms with van der Waals surface area (Å²) in [5, 5.41) is 3.70. The summed E-state index contributed by atoms with van der Waals surface area (Å²) in [4.78, 5) is 15.4. The lowest BCUT2D eigenvalue weighted by atomic mass is 9.92. The molecule has 2 atom stereocenters. The van der Waals surface area contributed by atoms with Gasteiger partial charge in [0.15, 0.2) is 11.5 Å². The van der Waals surface area contributed by atoms with Gasteiger partial charge >= 0.3 is 0 Å². The van der Waals surface area contributed by atoms with Crippen molar-refractivity contribution in [1.29, 1.82) is 0 Å². The van der Waals surface area contributed by atoms with Crippen molar-refractivity contribution in [1.82, 2.24) is 10.2 Å². The van der Waals surface area contributed by atoms with E-state index in [0.29, 0.717) is 0 Å². The van der Waals surface area contributed by atoms with Crippen LogP contribution in [0.2, 0.25) is 0 Å². The van der Waals surface area contributed by atoms with E-state index >= 15 is 0 Å². The lowest BCUT2D eigenvalue weighted by molar-refractivity contribution is -0.129. The number of carbonyl (C=O) groups is 1. The van der Waals surface area contributed by atoms with Gasteiger partial charge in [0.05, 0.1) is 20.3 Å². The third-order valence-electron chi connectivity index (χ3n) is 6.51. The first-order valence-corrected chi connectivity index (χ1v) is 11.2. The highest BCUT2D eigenvalue weighted by molar-refractivity contribution is 5.98. The van der Waals surface area contributed by atoms with Crippen LogP contribution in [0.3, 0.4) is 0 Å². The summed E-state index contributed by atoms with van der Waals surface area (Å²) >= 11 is 0. The van der Waals surface area contributed by atoms with Gasteiger partial charge in [-0.3, -0.25) is 10.1 Å². The van der Waals surface area contributed by atoms with Gasteiger partial charge in [0.25, 0.3) is 5.91 Å². The van der Waals surface area contributed by atoms with E-state index in [0.717, 1.165) is 55.7 Å². The van der Waals surface area contributed by atoms with Crippen LogP contribution in [0.15, 0.2) is 59.7 Å². The molecule has 2 aliphatic rings. The summed E-state index contributed by atoms with van der Waals surface area (Å²) in [6, 6.07) is 16.4. The highest BCUT2D eigenvalue weighted by Gasteiger charge is 2.41. The Morgan fingerprint density at radius 2 is 1.77 bits per heavy atom. The standard InChI is InChI=1S/C26H32N2O3/c1-18(20-9-5-4-6-10-20)28-25(21-11-7-8-12-22(21)26(28)29)27-16-15-19-13-14-23(30-2)24(17-19)31-3/h4-6,9-10,13-14,17-18,25,27H,7-8,11-12,15-16H2,1-3H3/t18-,25+/m1/s1. The van der Waals surface area contributed by atoms with Crippen molar-refractivity contribution >= 4 is 5.91 Å². The van der Waals surface area contributed by atoms with Crippen LogP contribution >= 0.6 is 0 Å². The summed E-state index contributed by atoms with van der Waals surface area (Å²) in [5.74, 6) is 1.68. The molecule has 1 aliphatic heterocycles. The summed E-state index contributed by atoms with van der Waals surface area (Å²) in [6.07, 6.45) is 5.00. The molecule has 0 saturated carbocycles. The summed E-state index contributed by atoms with van der Waals surface area (Å²) in [5.41, 5.74) is 4.68. The molecule has 1 heterocycles. The maximum Gasteiger partial charge on any atom is 0.251 e. The van der Waals surface area contributed by atoms with Gasteiger partial charge in [0.1, 0.15) is 6.17 Å². The molecule has 2 aromatic carbocycles. The molecule has 0 fully saturated rings. The van der Waals surface area contributed by atoms with E-state index in [-0.39, 0.29) is 18.1 Å². The minimum absolute atomic E-state index is 0.0258. The van der Waals surface area contributed by atoms with E-state index in [1.165, 1.54) is 16.7 Å². The van der Waals surface area contributed by atoms with Crippen LogP contribution in [-0.2, 0) is 11.2 Å². The van der Waals surface area contributed by atoms with Gasteiger partial charge in [-0.05, 0) is 67.9 Å². The van der Waals surface area contributed by atoms with Crippen molar-refractivity contribution in [3.8, 4) is 11.5 Å². The smallest absolute Gasteiger partial charge is 0.251 e. The van der Waals surface area contributed by atoms with Crippen molar-refractivity contribution in [2.45, 2.75) is 51.2 Å². The fourth-order valence-electron chi connectivity index (χ4n) is 4.82. The highest BCUT2D eigenvalue weighted by Crippen LogP contribution is 2.39. The molecule has 164 valence electrons. The van der Waals surface area contributed by atoms with E-state index < -0.39 is 0 Å². The first-order valence-electron chi connectivity index (χ1n) is 11.2. The van der Waals surface area contributed by atoms with Crippen LogP contribution in [0.25, 0.3) is 0 Å². The van der Waals surface area contributed by atoms with Crippen LogP contribution in [-0.4, -0.2) is 37.7 Å². The zero-order chi connectivity index (χ0) is 21.8. The second kappa shape index (κ2) is 9.56. The molecule has 5 heteroatoms. The molecule has 0 radical (unpaired) electrons. The average Bonchev–Trinajstić information content (AvgIpc) is 3.10. The van der Waals surface area contributed by atoms with E-state index in [1.54, 1.807) is 14.2 Å². The van der Waals surface area contributed by atoms with Gasteiger partial charge in [-0.2, -0.15) is 0 Å². The van der Waals surface area contributed by atoms with Crippen molar-refractivity contribution in [2.24, 2.45) is 0 Å². The van der Waals surface area contributed by atoms with Crippen LogP contribution in [0.1, 0.15) is 49.8 Å².